The van der Waals surface area contributed by atoms with Crippen LogP contribution in [-0.4, -0.2) is 37.1 Å². The van der Waals surface area contributed by atoms with E-state index in [-0.39, 0.29) is 0 Å². The van der Waals surface area contributed by atoms with E-state index in [0.29, 0.717) is 6.04 Å². The second kappa shape index (κ2) is 8.25. The molecule has 0 rings (SSSR count). The van der Waals surface area contributed by atoms with E-state index in [1.54, 1.807) is 0 Å². The van der Waals surface area contributed by atoms with Crippen molar-refractivity contribution in [1.29, 1.82) is 0 Å². The second-order valence-electron chi connectivity index (χ2n) is 4.56. The van der Waals surface area contributed by atoms with Gasteiger partial charge in [0, 0.05) is 12.6 Å². The quantitative estimate of drug-likeness (QED) is 0.647. The monoisotopic (exact) mass is 200 g/mol. The fraction of sp³-hybridized carbons (Fsp3) is 1.00. The molecule has 0 saturated heterocycles. The van der Waals surface area contributed by atoms with Crippen molar-refractivity contribution in [1.82, 2.24) is 10.2 Å². The third kappa shape index (κ3) is 7.34. The summed E-state index contributed by atoms with van der Waals surface area (Å²) in [7, 11) is 0. The van der Waals surface area contributed by atoms with E-state index in [1.807, 2.05) is 0 Å². The van der Waals surface area contributed by atoms with Gasteiger partial charge in [-0.15, -0.1) is 0 Å². The van der Waals surface area contributed by atoms with E-state index in [0.717, 1.165) is 12.5 Å². The number of nitrogens with one attached hydrogen (secondary N) is 1. The maximum Gasteiger partial charge on any atom is 0.00190 e. The minimum absolute atomic E-state index is 0.610. The summed E-state index contributed by atoms with van der Waals surface area (Å²) in [6.07, 6.45) is 1.26. The summed E-state index contributed by atoms with van der Waals surface area (Å²) < 4.78 is 0. The smallest absolute Gasteiger partial charge is 0.00190 e. The van der Waals surface area contributed by atoms with Crippen molar-refractivity contribution in [3.63, 3.8) is 0 Å². The third-order valence-electron chi connectivity index (χ3n) is 2.43. The summed E-state index contributed by atoms with van der Waals surface area (Å²) in [5, 5.41) is 3.49. The van der Waals surface area contributed by atoms with Gasteiger partial charge < -0.3 is 10.2 Å². The molecule has 1 unspecified atom stereocenters. The largest absolute Gasteiger partial charge is 0.314 e. The van der Waals surface area contributed by atoms with Crippen LogP contribution in [0.25, 0.3) is 0 Å². The number of nitrogens with zero attached hydrogens (tertiary/aromatic N) is 1. The summed E-state index contributed by atoms with van der Waals surface area (Å²) in [5.41, 5.74) is 0. The average Bonchev–Trinajstić information content (AvgIpc) is 2.14. The Labute approximate surface area is 90.1 Å². The Morgan fingerprint density at radius 2 is 1.79 bits per heavy atom. The standard InChI is InChI=1S/C12H28N2/c1-6-8-14(7-2)10-12(5)9-13-11(3)4/h11-13H,6-10H2,1-5H3. The lowest BCUT2D eigenvalue weighted by atomic mass is 10.1. The van der Waals surface area contributed by atoms with Crippen LogP contribution in [0.15, 0.2) is 0 Å². The van der Waals surface area contributed by atoms with Crippen molar-refractivity contribution >= 4 is 0 Å². The van der Waals surface area contributed by atoms with Gasteiger partial charge in [-0.05, 0) is 32.0 Å². The molecule has 0 radical (unpaired) electrons. The number of hydrogen-bond acceptors (Lipinski definition) is 2. The van der Waals surface area contributed by atoms with E-state index < -0.39 is 0 Å². The van der Waals surface area contributed by atoms with Crippen LogP contribution >= 0.6 is 0 Å². The Morgan fingerprint density at radius 1 is 1.14 bits per heavy atom. The Balaban J connectivity index is 3.61. The lowest BCUT2D eigenvalue weighted by molar-refractivity contribution is 0.244. The van der Waals surface area contributed by atoms with E-state index in [2.05, 4.69) is 44.8 Å². The van der Waals surface area contributed by atoms with Crippen LogP contribution in [0, 0.1) is 5.92 Å². The van der Waals surface area contributed by atoms with Gasteiger partial charge in [0.05, 0.1) is 0 Å². The fourth-order valence-electron chi connectivity index (χ4n) is 1.64. The van der Waals surface area contributed by atoms with Gasteiger partial charge in [-0.25, -0.2) is 0 Å². The zero-order valence-corrected chi connectivity index (χ0v) is 10.6. The summed E-state index contributed by atoms with van der Waals surface area (Å²) in [6.45, 7) is 16.0. The fourth-order valence-corrected chi connectivity index (χ4v) is 1.64. The molecule has 0 heterocycles. The van der Waals surface area contributed by atoms with Crippen molar-refractivity contribution in [3.8, 4) is 0 Å². The van der Waals surface area contributed by atoms with Gasteiger partial charge in [0.1, 0.15) is 0 Å². The molecule has 0 amide bonds. The summed E-state index contributed by atoms with van der Waals surface area (Å²) in [6, 6.07) is 0.610. The number of hydrogen-bond donors (Lipinski definition) is 1. The van der Waals surface area contributed by atoms with Crippen LogP contribution in [0.2, 0.25) is 0 Å². The molecule has 0 aliphatic heterocycles. The summed E-state index contributed by atoms with van der Waals surface area (Å²) >= 11 is 0. The normalized spacial score (nSPS) is 13.9. The highest BCUT2D eigenvalue weighted by Crippen LogP contribution is 2.00. The van der Waals surface area contributed by atoms with Crippen LogP contribution in [0.1, 0.15) is 41.0 Å². The zero-order chi connectivity index (χ0) is 11.0. The van der Waals surface area contributed by atoms with Crippen molar-refractivity contribution in [2.24, 2.45) is 5.92 Å². The second-order valence-corrected chi connectivity index (χ2v) is 4.56. The summed E-state index contributed by atoms with van der Waals surface area (Å²) in [4.78, 5) is 2.53. The predicted molar refractivity (Wildman–Crippen MR) is 64.7 cm³/mol. The summed E-state index contributed by atoms with van der Waals surface area (Å²) in [5.74, 6) is 0.754. The minimum atomic E-state index is 0.610. The first kappa shape index (κ1) is 13.9. The minimum Gasteiger partial charge on any atom is -0.314 e. The van der Waals surface area contributed by atoms with Crippen LogP contribution in [0.4, 0.5) is 0 Å². The molecule has 0 aliphatic carbocycles. The molecule has 2 nitrogen and oxygen atoms in total. The van der Waals surface area contributed by atoms with Gasteiger partial charge in [0.25, 0.3) is 0 Å². The lowest BCUT2D eigenvalue weighted by Gasteiger charge is -2.24. The molecule has 14 heavy (non-hydrogen) atoms. The Kier molecular flexibility index (Phi) is 8.20. The highest BCUT2D eigenvalue weighted by atomic mass is 15.1. The molecular formula is C12H28N2. The molecule has 1 atom stereocenters. The molecular weight excluding hydrogens is 172 g/mol. The van der Waals surface area contributed by atoms with Gasteiger partial charge in [0.2, 0.25) is 0 Å². The Morgan fingerprint density at radius 3 is 2.21 bits per heavy atom. The van der Waals surface area contributed by atoms with Crippen LogP contribution < -0.4 is 5.32 Å². The first-order chi connectivity index (χ1) is 6.60. The molecule has 2 heteroatoms. The van der Waals surface area contributed by atoms with Crippen molar-refractivity contribution in [3.05, 3.63) is 0 Å². The van der Waals surface area contributed by atoms with Crippen LogP contribution in [0.3, 0.4) is 0 Å². The lowest BCUT2D eigenvalue weighted by Crippen LogP contribution is -2.35. The zero-order valence-electron chi connectivity index (χ0n) is 10.6. The van der Waals surface area contributed by atoms with E-state index in [1.165, 1.54) is 26.1 Å². The third-order valence-corrected chi connectivity index (χ3v) is 2.43. The Bertz CT molecular complexity index is 123. The SMILES string of the molecule is CCCN(CC)CC(C)CNC(C)C. The van der Waals surface area contributed by atoms with Crippen molar-refractivity contribution < 1.29 is 0 Å². The highest BCUT2D eigenvalue weighted by Gasteiger charge is 2.07. The van der Waals surface area contributed by atoms with Crippen molar-refractivity contribution in [2.75, 3.05) is 26.2 Å². The van der Waals surface area contributed by atoms with E-state index >= 15 is 0 Å². The average molecular weight is 200 g/mol. The van der Waals surface area contributed by atoms with Gasteiger partial charge >= 0.3 is 0 Å². The van der Waals surface area contributed by atoms with E-state index in [4.69, 9.17) is 0 Å². The molecule has 0 bridgehead atoms. The maximum absolute atomic E-state index is 3.49. The molecule has 86 valence electrons. The first-order valence-electron chi connectivity index (χ1n) is 6.05. The molecule has 0 spiro atoms. The molecule has 0 fully saturated rings. The molecule has 0 aromatic heterocycles. The topological polar surface area (TPSA) is 15.3 Å². The highest BCUT2D eigenvalue weighted by molar-refractivity contribution is 4.65. The van der Waals surface area contributed by atoms with Gasteiger partial charge in [-0.3, -0.25) is 0 Å². The molecule has 1 N–H and O–H groups in total. The van der Waals surface area contributed by atoms with Crippen molar-refractivity contribution in [2.45, 2.75) is 47.1 Å². The van der Waals surface area contributed by atoms with Crippen LogP contribution in [0.5, 0.6) is 0 Å². The van der Waals surface area contributed by atoms with Gasteiger partial charge in [-0.1, -0.05) is 34.6 Å². The van der Waals surface area contributed by atoms with Gasteiger partial charge in [0.15, 0.2) is 0 Å². The van der Waals surface area contributed by atoms with Crippen LogP contribution in [-0.2, 0) is 0 Å². The molecule has 0 aromatic rings. The van der Waals surface area contributed by atoms with E-state index in [9.17, 15) is 0 Å². The predicted octanol–water partition coefficient (Wildman–Crippen LogP) is 2.35. The molecule has 0 aliphatic rings. The van der Waals surface area contributed by atoms with Gasteiger partial charge in [-0.2, -0.15) is 0 Å². The maximum atomic E-state index is 3.49. The number of rotatable bonds is 8. The Hall–Kier alpha value is -0.0800. The molecule has 0 aromatic carbocycles. The first-order valence-corrected chi connectivity index (χ1v) is 6.05. The molecule has 0 saturated carbocycles.